The smallest absolute Gasteiger partial charge is 0.169 e. The molecule has 0 spiro atoms. The summed E-state index contributed by atoms with van der Waals surface area (Å²) in [6.07, 6.45) is -3.54. The van der Waals surface area contributed by atoms with Crippen LogP contribution in [0, 0.1) is 0 Å². The molecule has 0 aromatic heterocycles. The molecule has 0 aliphatic carbocycles. The van der Waals surface area contributed by atoms with Gasteiger partial charge in [-0.1, -0.05) is 28.1 Å². The SMILES string of the molecule is OC[C@H](OCc1ccc(Br)cc1)C(O)C[S+]1C[C@@H](O)[C@H](O)[C@H]1CO.[Cl-]. The van der Waals surface area contributed by atoms with Crippen molar-refractivity contribution in [3.05, 3.63) is 34.3 Å². The Balaban J connectivity index is 0.00000312. The summed E-state index contributed by atoms with van der Waals surface area (Å²) >= 11 is 3.35. The van der Waals surface area contributed by atoms with Crippen LogP contribution < -0.4 is 12.4 Å². The minimum Gasteiger partial charge on any atom is -1.00 e. The second kappa shape index (κ2) is 11.1. The van der Waals surface area contributed by atoms with Gasteiger partial charge < -0.3 is 42.7 Å². The maximum absolute atomic E-state index is 10.3. The molecule has 1 aromatic rings. The van der Waals surface area contributed by atoms with Crippen LogP contribution in [0.1, 0.15) is 5.56 Å². The molecule has 6 nitrogen and oxygen atoms in total. The molecule has 1 fully saturated rings. The summed E-state index contributed by atoms with van der Waals surface area (Å²) in [6.45, 7) is -0.306. The van der Waals surface area contributed by atoms with E-state index >= 15 is 0 Å². The lowest BCUT2D eigenvalue weighted by molar-refractivity contribution is -0.0623. The average Bonchev–Trinajstić information content (AvgIpc) is 2.83. The van der Waals surface area contributed by atoms with Gasteiger partial charge in [-0.05, 0) is 17.7 Å². The highest BCUT2D eigenvalue weighted by molar-refractivity contribution is 9.10. The van der Waals surface area contributed by atoms with E-state index in [-0.39, 0.29) is 38.0 Å². The van der Waals surface area contributed by atoms with E-state index in [0.29, 0.717) is 5.75 Å². The maximum Gasteiger partial charge on any atom is 0.169 e. The van der Waals surface area contributed by atoms with Crippen LogP contribution in [-0.2, 0) is 22.2 Å². The van der Waals surface area contributed by atoms with Crippen molar-refractivity contribution >= 4 is 26.8 Å². The molecule has 6 atom stereocenters. The molecule has 0 amide bonds. The molecule has 1 aliphatic heterocycles. The second-order valence-electron chi connectivity index (χ2n) is 5.88. The fourth-order valence-corrected chi connectivity index (χ4v) is 5.66. The minimum atomic E-state index is -0.971. The zero-order valence-corrected chi connectivity index (χ0v) is 16.7. The fourth-order valence-electron chi connectivity index (χ4n) is 2.69. The van der Waals surface area contributed by atoms with Gasteiger partial charge in [0.15, 0.2) is 5.25 Å². The van der Waals surface area contributed by atoms with E-state index in [0.717, 1.165) is 10.0 Å². The first kappa shape index (κ1) is 23.1. The van der Waals surface area contributed by atoms with E-state index < -0.39 is 40.6 Å². The van der Waals surface area contributed by atoms with Crippen molar-refractivity contribution in [2.24, 2.45) is 0 Å². The van der Waals surface area contributed by atoms with Crippen molar-refractivity contribution in [1.29, 1.82) is 0 Å². The molecule has 0 radical (unpaired) electrons. The molecule has 0 saturated carbocycles. The Bertz CT molecular complexity index is 508. The number of benzene rings is 1. The van der Waals surface area contributed by atoms with E-state index in [2.05, 4.69) is 15.9 Å². The largest absolute Gasteiger partial charge is 1.00 e. The molecule has 25 heavy (non-hydrogen) atoms. The molecule has 2 rings (SSSR count). The number of hydrogen-bond donors (Lipinski definition) is 5. The van der Waals surface area contributed by atoms with E-state index in [1.54, 1.807) is 0 Å². The van der Waals surface area contributed by atoms with E-state index in [9.17, 15) is 25.5 Å². The van der Waals surface area contributed by atoms with Crippen molar-refractivity contribution in [3.8, 4) is 0 Å². The average molecular weight is 460 g/mol. The number of hydrogen-bond acceptors (Lipinski definition) is 6. The van der Waals surface area contributed by atoms with Crippen molar-refractivity contribution in [3.63, 3.8) is 0 Å². The van der Waals surface area contributed by atoms with E-state index in [1.165, 1.54) is 0 Å². The Morgan fingerprint density at radius 2 is 1.84 bits per heavy atom. The Kier molecular flexibility index (Phi) is 10.2. The van der Waals surface area contributed by atoms with Crippen LogP contribution in [0.3, 0.4) is 0 Å². The molecule has 9 heteroatoms. The summed E-state index contributed by atoms with van der Waals surface area (Å²) in [5, 5.41) is 48.3. The highest BCUT2D eigenvalue weighted by Gasteiger charge is 2.50. The van der Waals surface area contributed by atoms with Gasteiger partial charge in [-0.2, -0.15) is 0 Å². The predicted octanol–water partition coefficient (Wildman–Crippen LogP) is -3.59. The number of aliphatic hydroxyl groups is 5. The summed E-state index contributed by atoms with van der Waals surface area (Å²) in [6, 6.07) is 7.55. The lowest BCUT2D eigenvalue weighted by atomic mass is 10.2. The third-order valence-corrected chi connectivity index (χ3v) is 7.49. The van der Waals surface area contributed by atoms with Gasteiger partial charge in [0.25, 0.3) is 0 Å². The zero-order chi connectivity index (χ0) is 17.7. The molecule has 144 valence electrons. The first-order valence-corrected chi connectivity index (χ1v) is 10.2. The third-order valence-electron chi connectivity index (χ3n) is 4.14. The number of halogens is 2. The summed E-state index contributed by atoms with van der Waals surface area (Å²) in [7, 11) is -0.526. The van der Waals surface area contributed by atoms with Crippen LogP contribution in [-0.4, -0.2) is 79.9 Å². The van der Waals surface area contributed by atoms with Gasteiger partial charge in [-0.15, -0.1) is 0 Å². The predicted molar refractivity (Wildman–Crippen MR) is 95.8 cm³/mol. The normalized spacial score (nSPS) is 28.4. The quantitative estimate of drug-likeness (QED) is 0.257. The number of rotatable bonds is 8. The first-order valence-electron chi connectivity index (χ1n) is 7.74. The molecular weight excluding hydrogens is 436 g/mol. The summed E-state index contributed by atoms with van der Waals surface area (Å²) in [4.78, 5) is 0. The third kappa shape index (κ3) is 6.34. The Morgan fingerprint density at radius 1 is 1.20 bits per heavy atom. The molecule has 1 saturated heterocycles. The van der Waals surface area contributed by atoms with Crippen LogP contribution in [0.4, 0.5) is 0 Å². The van der Waals surface area contributed by atoms with Gasteiger partial charge in [0.1, 0.15) is 35.9 Å². The van der Waals surface area contributed by atoms with Crippen molar-refractivity contribution in [1.82, 2.24) is 0 Å². The molecular formula is C16H24BrClO6S. The highest BCUT2D eigenvalue weighted by Crippen LogP contribution is 2.25. The van der Waals surface area contributed by atoms with Gasteiger partial charge in [-0.25, -0.2) is 0 Å². The van der Waals surface area contributed by atoms with E-state index in [4.69, 9.17) is 4.74 Å². The lowest BCUT2D eigenvalue weighted by Crippen LogP contribution is -3.00. The Morgan fingerprint density at radius 3 is 2.40 bits per heavy atom. The number of aliphatic hydroxyl groups excluding tert-OH is 5. The standard InChI is InChI=1S/C16H24BrO6S.ClH/c17-11-3-1-10(2-4-11)7-23-14(5-18)12(20)8-24-9-13(21)16(22)15(24)6-19;/h1-4,12-16,18-22H,5-9H2;1H/q+1;/p-1/t12?,13-,14+,15-,16+,24?;/m1./s1. The molecule has 0 bridgehead atoms. The van der Waals surface area contributed by atoms with Crippen LogP contribution in [0.5, 0.6) is 0 Å². The summed E-state index contributed by atoms with van der Waals surface area (Å²) in [5.41, 5.74) is 0.922. The van der Waals surface area contributed by atoms with Gasteiger partial charge >= 0.3 is 0 Å². The van der Waals surface area contributed by atoms with Crippen LogP contribution in [0.2, 0.25) is 0 Å². The zero-order valence-electron chi connectivity index (χ0n) is 13.5. The van der Waals surface area contributed by atoms with Gasteiger partial charge in [0.05, 0.1) is 19.8 Å². The van der Waals surface area contributed by atoms with Crippen LogP contribution in [0.25, 0.3) is 0 Å². The molecule has 2 unspecified atom stereocenters. The topological polar surface area (TPSA) is 110 Å². The Labute approximate surface area is 164 Å². The fraction of sp³-hybridized carbons (Fsp3) is 0.625. The van der Waals surface area contributed by atoms with Crippen molar-refractivity contribution in [2.75, 3.05) is 24.7 Å². The monoisotopic (exact) mass is 458 g/mol. The summed E-state index contributed by atoms with van der Waals surface area (Å²) in [5.74, 6) is 0.610. The van der Waals surface area contributed by atoms with Gasteiger partial charge in [0.2, 0.25) is 0 Å². The first-order chi connectivity index (χ1) is 11.5. The van der Waals surface area contributed by atoms with Crippen molar-refractivity contribution in [2.45, 2.75) is 36.3 Å². The minimum absolute atomic E-state index is 0. The van der Waals surface area contributed by atoms with Crippen LogP contribution in [0.15, 0.2) is 28.7 Å². The maximum atomic E-state index is 10.3. The Hall–Kier alpha value is 0.1000. The summed E-state index contributed by atoms with van der Waals surface area (Å²) < 4.78 is 6.57. The van der Waals surface area contributed by atoms with Gasteiger partial charge in [-0.3, -0.25) is 0 Å². The van der Waals surface area contributed by atoms with Gasteiger partial charge in [0, 0.05) is 15.4 Å². The lowest BCUT2D eigenvalue weighted by Gasteiger charge is -2.22. The van der Waals surface area contributed by atoms with Crippen LogP contribution >= 0.6 is 15.9 Å². The molecule has 1 heterocycles. The second-order valence-corrected chi connectivity index (χ2v) is 9.14. The molecule has 1 aliphatic rings. The molecule has 1 aromatic carbocycles. The van der Waals surface area contributed by atoms with E-state index in [1.807, 2.05) is 24.3 Å². The number of ether oxygens (including phenoxy) is 1. The highest BCUT2D eigenvalue weighted by atomic mass is 79.9. The molecule has 5 N–H and O–H groups in total. The van der Waals surface area contributed by atoms with Crippen molar-refractivity contribution < 1.29 is 42.7 Å².